The molecule has 1 N–H and O–H groups in total. The summed E-state index contributed by atoms with van der Waals surface area (Å²) in [6.07, 6.45) is 1.06. The Morgan fingerprint density at radius 2 is 1.65 bits per heavy atom. The molecule has 3 rings (SSSR count). The second-order valence-corrected chi connectivity index (χ2v) is 5.92. The lowest BCUT2D eigenvalue weighted by molar-refractivity contribution is 0.260. The first-order valence-electron chi connectivity index (χ1n) is 8.14. The van der Waals surface area contributed by atoms with Gasteiger partial charge in [-0.1, -0.05) is 24.3 Å². The molecule has 0 radical (unpaired) electrons. The highest BCUT2D eigenvalue weighted by atomic mass is 16.5. The number of benzene rings is 2. The second kappa shape index (κ2) is 7.38. The van der Waals surface area contributed by atoms with Gasteiger partial charge in [0.25, 0.3) is 0 Å². The molecular formula is C19H24N2O2. The number of piperazine rings is 1. The average Bonchev–Trinajstić information content (AvgIpc) is 2.61. The summed E-state index contributed by atoms with van der Waals surface area (Å²) in [5.41, 5.74) is 2.29. The molecule has 4 heteroatoms. The standard InChI is InChI=1S/C19H24N2O2/c1-23-17-8-6-16(7-9-17)10-11-20-12-14-21(15-13-20)18-4-2-3-5-19(18)22/h2-9,22H,10-15H2,1H3. The van der Waals surface area contributed by atoms with Crippen molar-refractivity contribution < 1.29 is 9.84 Å². The van der Waals surface area contributed by atoms with Crippen LogP contribution in [-0.2, 0) is 6.42 Å². The average molecular weight is 312 g/mol. The summed E-state index contributed by atoms with van der Waals surface area (Å²) in [7, 11) is 1.69. The van der Waals surface area contributed by atoms with Crippen LogP contribution in [0.2, 0.25) is 0 Å². The monoisotopic (exact) mass is 312 g/mol. The Bertz CT molecular complexity index is 620. The number of hydrogen-bond donors (Lipinski definition) is 1. The molecule has 1 saturated heterocycles. The third-order valence-corrected chi connectivity index (χ3v) is 4.47. The summed E-state index contributed by atoms with van der Waals surface area (Å²) >= 11 is 0. The Hall–Kier alpha value is -2.20. The fourth-order valence-corrected chi connectivity index (χ4v) is 3.02. The van der Waals surface area contributed by atoms with Gasteiger partial charge in [0.2, 0.25) is 0 Å². The zero-order valence-electron chi connectivity index (χ0n) is 13.6. The fourth-order valence-electron chi connectivity index (χ4n) is 3.02. The molecule has 1 aliphatic rings. The first-order chi connectivity index (χ1) is 11.3. The number of ether oxygens (including phenoxy) is 1. The molecule has 0 aliphatic carbocycles. The lowest BCUT2D eigenvalue weighted by Crippen LogP contribution is -2.47. The van der Waals surface area contributed by atoms with Crippen molar-refractivity contribution in [1.29, 1.82) is 0 Å². The molecule has 0 atom stereocenters. The molecule has 1 heterocycles. The van der Waals surface area contributed by atoms with Gasteiger partial charge in [-0.2, -0.15) is 0 Å². The molecule has 0 aromatic heterocycles. The number of methoxy groups -OCH3 is 1. The fraction of sp³-hybridized carbons (Fsp3) is 0.368. The van der Waals surface area contributed by atoms with Gasteiger partial charge in [0.15, 0.2) is 0 Å². The van der Waals surface area contributed by atoms with E-state index in [0.717, 1.165) is 50.6 Å². The third-order valence-electron chi connectivity index (χ3n) is 4.47. The van der Waals surface area contributed by atoms with Crippen LogP contribution < -0.4 is 9.64 Å². The van der Waals surface area contributed by atoms with E-state index in [-0.39, 0.29) is 0 Å². The number of rotatable bonds is 5. The van der Waals surface area contributed by atoms with E-state index < -0.39 is 0 Å². The number of phenols is 1. The van der Waals surface area contributed by atoms with E-state index in [2.05, 4.69) is 21.9 Å². The molecule has 0 unspecified atom stereocenters. The maximum absolute atomic E-state index is 9.96. The summed E-state index contributed by atoms with van der Waals surface area (Å²) < 4.78 is 5.19. The molecule has 0 spiro atoms. The van der Waals surface area contributed by atoms with Crippen LogP contribution in [0, 0.1) is 0 Å². The smallest absolute Gasteiger partial charge is 0.138 e. The number of para-hydroxylation sites is 2. The predicted molar refractivity (Wildman–Crippen MR) is 93.5 cm³/mol. The maximum Gasteiger partial charge on any atom is 0.138 e. The van der Waals surface area contributed by atoms with Crippen molar-refractivity contribution in [3.63, 3.8) is 0 Å². The second-order valence-electron chi connectivity index (χ2n) is 5.92. The van der Waals surface area contributed by atoms with E-state index in [1.54, 1.807) is 13.2 Å². The molecule has 4 nitrogen and oxygen atoms in total. The van der Waals surface area contributed by atoms with Crippen molar-refractivity contribution in [3.8, 4) is 11.5 Å². The Morgan fingerprint density at radius 3 is 2.30 bits per heavy atom. The van der Waals surface area contributed by atoms with Crippen LogP contribution in [0.3, 0.4) is 0 Å². The zero-order chi connectivity index (χ0) is 16.1. The number of hydrogen-bond acceptors (Lipinski definition) is 4. The Balaban J connectivity index is 1.48. The van der Waals surface area contributed by atoms with Gasteiger partial charge in [0.05, 0.1) is 12.8 Å². The van der Waals surface area contributed by atoms with E-state index in [1.807, 2.05) is 30.3 Å². The van der Waals surface area contributed by atoms with Crippen molar-refractivity contribution >= 4 is 5.69 Å². The number of phenolic OH excluding ortho intramolecular Hbond substituents is 1. The highest BCUT2D eigenvalue weighted by molar-refractivity contribution is 5.57. The lowest BCUT2D eigenvalue weighted by atomic mass is 10.1. The van der Waals surface area contributed by atoms with Gasteiger partial charge in [-0.05, 0) is 36.2 Å². The molecule has 0 saturated carbocycles. The van der Waals surface area contributed by atoms with Crippen molar-refractivity contribution in [2.24, 2.45) is 0 Å². The van der Waals surface area contributed by atoms with Gasteiger partial charge in [-0.3, -0.25) is 4.90 Å². The first-order valence-corrected chi connectivity index (χ1v) is 8.14. The van der Waals surface area contributed by atoms with E-state index in [0.29, 0.717) is 5.75 Å². The van der Waals surface area contributed by atoms with Crippen molar-refractivity contribution in [2.75, 3.05) is 44.7 Å². The minimum Gasteiger partial charge on any atom is -0.506 e. The van der Waals surface area contributed by atoms with Crippen LogP contribution >= 0.6 is 0 Å². The van der Waals surface area contributed by atoms with Gasteiger partial charge in [-0.15, -0.1) is 0 Å². The van der Waals surface area contributed by atoms with Crippen LogP contribution in [-0.4, -0.2) is 49.8 Å². The molecule has 122 valence electrons. The Morgan fingerprint density at radius 1 is 0.957 bits per heavy atom. The lowest BCUT2D eigenvalue weighted by Gasteiger charge is -2.36. The largest absolute Gasteiger partial charge is 0.506 e. The quantitative estimate of drug-likeness (QED) is 0.921. The minimum absolute atomic E-state index is 0.374. The van der Waals surface area contributed by atoms with E-state index >= 15 is 0 Å². The summed E-state index contributed by atoms with van der Waals surface area (Å²) in [5.74, 6) is 1.28. The highest BCUT2D eigenvalue weighted by Gasteiger charge is 2.18. The predicted octanol–water partition coefficient (Wildman–Crippen LogP) is 2.77. The summed E-state index contributed by atoms with van der Waals surface area (Å²) in [6, 6.07) is 15.9. The molecule has 1 aliphatic heterocycles. The van der Waals surface area contributed by atoms with Crippen LogP contribution in [0.25, 0.3) is 0 Å². The van der Waals surface area contributed by atoms with Gasteiger partial charge in [-0.25, -0.2) is 0 Å². The van der Waals surface area contributed by atoms with E-state index in [4.69, 9.17) is 4.74 Å². The zero-order valence-corrected chi connectivity index (χ0v) is 13.6. The van der Waals surface area contributed by atoms with E-state index in [9.17, 15) is 5.11 Å². The molecule has 0 amide bonds. The summed E-state index contributed by atoms with van der Waals surface area (Å²) in [4.78, 5) is 4.75. The van der Waals surface area contributed by atoms with Crippen LogP contribution in [0.1, 0.15) is 5.56 Å². The number of aromatic hydroxyl groups is 1. The van der Waals surface area contributed by atoms with Gasteiger partial charge < -0.3 is 14.7 Å². The van der Waals surface area contributed by atoms with Gasteiger partial charge >= 0.3 is 0 Å². The molecule has 0 bridgehead atoms. The molecule has 2 aromatic rings. The first kappa shape index (κ1) is 15.7. The topological polar surface area (TPSA) is 35.9 Å². The maximum atomic E-state index is 9.96. The van der Waals surface area contributed by atoms with Crippen molar-refractivity contribution in [2.45, 2.75) is 6.42 Å². The molecule has 23 heavy (non-hydrogen) atoms. The summed E-state index contributed by atoms with van der Waals surface area (Å²) in [5, 5.41) is 9.96. The van der Waals surface area contributed by atoms with Crippen molar-refractivity contribution in [3.05, 3.63) is 54.1 Å². The SMILES string of the molecule is COc1ccc(CCN2CCN(c3ccccc3O)CC2)cc1. The van der Waals surface area contributed by atoms with E-state index in [1.165, 1.54) is 5.56 Å². The summed E-state index contributed by atoms with van der Waals surface area (Å²) in [6.45, 7) is 5.05. The highest BCUT2D eigenvalue weighted by Crippen LogP contribution is 2.27. The van der Waals surface area contributed by atoms with Crippen LogP contribution in [0.4, 0.5) is 5.69 Å². The molecule has 1 fully saturated rings. The molecular weight excluding hydrogens is 288 g/mol. The van der Waals surface area contributed by atoms with Crippen molar-refractivity contribution in [1.82, 2.24) is 4.90 Å². The minimum atomic E-state index is 0.374. The third kappa shape index (κ3) is 3.96. The number of nitrogens with zero attached hydrogens (tertiary/aromatic N) is 2. The molecule has 2 aromatic carbocycles. The normalized spacial score (nSPS) is 15.6. The number of anilines is 1. The van der Waals surface area contributed by atoms with Gasteiger partial charge in [0.1, 0.15) is 11.5 Å². The van der Waals surface area contributed by atoms with Gasteiger partial charge in [0, 0.05) is 32.7 Å². The van der Waals surface area contributed by atoms with Crippen LogP contribution in [0.5, 0.6) is 11.5 Å². The Kier molecular flexibility index (Phi) is 5.03. The van der Waals surface area contributed by atoms with Crippen LogP contribution in [0.15, 0.2) is 48.5 Å². The Labute approximate surface area is 137 Å².